The highest BCUT2D eigenvalue weighted by Gasteiger charge is 2.32. The van der Waals surface area contributed by atoms with Crippen molar-refractivity contribution in [2.24, 2.45) is 11.0 Å². The molecule has 3 N–H and O–H groups in total. The highest BCUT2D eigenvalue weighted by atomic mass is 15.3. The Hall–Kier alpha value is -1.58. The van der Waals surface area contributed by atoms with Gasteiger partial charge in [0.25, 0.3) is 0 Å². The summed E-state index contributed by atoms with van der Waals surface area (Å²) < 4.78 is 0. The van der Waals surface area contributed by atoms with Crippen LogP contribution in [0.15, 0.2) is 28.6 Å². The Bertz CT molecular complexity index is 399. The highest BCUT2D eigenvalue weighted by Crippen LogP contribution is 2.35. The van der Waals surface area contributed by atoms with Crippen LogP contribution in [-0.4, -0.2) is 18.5 Å². The first kappa shape index (κ1) is 10.9. The van der Waals surface area contributed by atoms with Crippen LogP contribution >= 0.6 is 0 Å². The minimum atomic E-state index is 0.424. The molecule has 16 heavy (non-hydrogen) atoms. The Morgan fingerprint density at radius 1 is 1.62 bits per heavy atom. The van der Waals surface area contributed by atoms with E-state index in [9.17, 15) is 0 Å². The van der Waals surface area contributed by atoms with Crippen molar-refractivity contribution in [3.8, 4) is 0 Å². The van der Waals surface area contributed by atoms with Crippen LogP contribution in [0.4, 0.5) is 0 Å². The van der Waals surface area contributed by atoms with Gasteiger partial charge in [0.1, 0.15) is 0 Å². The fourth-order valence-electron chi connectivity index (χ4n) is 1.94. The van der Waals surface area contributed by atoms with E-state index in [0.29, 0.717) is 11.6 Å². The first-order valence-electron chi connectivity index (χ1n) is 5.72. The van der Waals surface area contributed by atoms with Gasteiger partial charge in [0, 0.05) is 24.3 Å². The molecular weight excluding hydrogens is 200 g/mol. The van der Waals surface area contributed by atoms with Crippen molar-refractivity contribution in [1.82, 2.24) is 10.7 Å². The molecule has 2 aliphatic rings. The van der Waals surface area contributed by atoms with E-state index < -0.39 is 0 Å². The molecule has 0 aromatic heterocycles. The number of hydrazone groups is 1. The average Bonchev–Trinajstić information content (AvgIpc) is 3.11. The monoisotopic (exact) mass is 218 g/mol. The molecule has 2 rings (SSSR count). The molecule has 0 amide bonds. The maximum atomic E-state index is 8.18. The molecule has 0 aromatic rings. The van der Waals surface area contributed by atoms with Crippen LogP contribution in [0.2, 0.25) is 0 Å². The van der Waals surface area contributed by atoms with Gasteiger partial charge in [0.05, 0.1) is 17.1 Å². The van der Waals surface area contributed by atoms with Crippen LogP contribution in [0.5, 0.6) is 0 Å². The molecule has 1 heterocycles. The summed E-state index contributed by atoms with van der Waals surface area (Å²) in [6.45, 7) is 6.00. The highest BCUT2D eigenvalue weighted by molar-refractivity contribution is 6.13. The number of nitrogens with one attached hydrogen (secondary N) is 3. The first-order valence-corrected chi connectivity index (χ1v) is 5.72. The summed E-state index contributed by atoms with van der Waals surface area (Å²) in [6.07, 6.45) is 3.11. The smallest absolute Gasteiger partial charge is 0.0842 e. The summed E-state index contributed by atoms with van der Waals surface area (Å²) in [7, 11) is 1.87. The Morgan fingerprint density at radius 2 is 2.31 bits per heavy atom. The van der Waals surface area contributed by atoms with Crippen LogP contribution < -0.4 is 10.7 Å². The Labute approximate surface area is 96.0 Å². The zero-order valence-electron chi connectivity index (χ0n) is 9.85. The molecule has 0 spiro atoms. The second-order valence-electron chi connectivity index (χ2n) is 4.19. The first-order chi connectivity index (χ1) is 7.69. The number of hydrogen-bond acceptors (Lipinski definition) is 4. The van der Waals surface area contributed by atoms with Gasteiger partial charge < -0.3 is 10.7 Å². The summed E-state index contributed by atoms with van der Waals surface area (Å²) in [5.41, 5.74) is 7.19. The van der Waals surface area contributed by atoms with Gasteiger partial charge in [-0.2, -0.15) is 5.10 Å². The summed E-state index contributed by atoms with van der Waals surface area (Å²) in [6, 6.07) is 0. The lowest BCUT2D eigenvalue weighted by Crippen LogP contribution is -2.31. The van der Waals surface area contributed by atoms with Crippen LogP contribution in [0, 0.1) is 11.3 Å². The van der Waals surface area contributed by atoms with E-state index in [2.05, 4.69) is 29.3 Å². The van der Waals surface area contributed by atoms with Crippen LogP contribution in [0.3, 0.4) is 0 Å². The standard InChI is InChI=1S/C12H18N4/c1-4-9-12(14-3)10(7(2)15-16-9)11(13)8-5-6-8/h8,13-15H,2,4-6H2,1,3H3. The number of allylic oxidation sites excluding steroid dienone is 2. The zero-order valence-corrected chi connectivity index (χ0v) is 9.85. The molecule has 0 radical (unpaired) electrons. The molecule has 1 fully saturated rings. The minimum absolute atomic E-state index is 0.424. The molecule has 0 aromatic carbocycles. The Kier molecular flexibility index (Phi) is 2.81. The lowest BCUT2D eigenvalue weighted by atomic mass is 9.97. The second-order valence-corrected chi connectivity index (χ2v) is 4.19. The molecule has 4 nitrogen and oxygen atoms in total. The van der Waals surface area contributed by atoms with Gasteiger partial charge in [-0.25, -0.2) is 0 Å². The van der Waals surface area contributed by atoms with E-state index in [-0.39, 0.29) is 0 Å². The molecule has 4 heteroatoms. The Morgan fingerprint density at radius 3 is 2.81 bits per heavy atom. The van der Waals surface area contributed by atoms with E-state index in [4.69, 9.17) is 5.41 Å². The lowest BCUT2D eigenvalue weighted by molar-refractivity contribution is 0.853. The van der Waals surface area contributed by atoms with Crippen LogP contribution in [-0.2, 0) is 0 Å². The van der Waals surface area contributed by atoms with Gasteiger partial charge in [-0.05, 0) is 19.3 Å². The number of rotatable bonds is 4. The van der Waals surface area contributed by atoms with E-state index in [1.807, 2.05) is 7.05 Å². The number of hydrogen-bond donors (Lipinski definition) is 3. The van der Waals surface area contributed by atoms with Crippen molar-refractivity contribution in [1.29, 1.82) is 5.41 Å². The zero-order chi connectivity index (χ0) is 11.7. The third-order valence-electron chi connectivity index (χ3n) is 3.01. The maximum Gasteiger partial charge on any atom is 0.0842 e. The molecule has 86 valence electrons. The van der Waals surface area contributed by atoms with Crippen LogP contribution in [0.1, 0.15) is 26.2 Å². The quantitative estimate of drug-likeness (QED) is 0.630. The van der Waals surface area contributed by atoms with Gasteiger partial charge in [0.15, 0.2) is 0 Å². The van der Waals surface area contributed by atoms with Gasteiger partial charge in [0.2, 0.25) is 0 Å². The largest absolute Gasteiger partial charge is 0.386 e. The SMILES string of the molecule is C=C1NN=C(CC)C(NC)=C1C(=N)C1CC1. The molecule has 1 aliphatic heterocycles. The van der Waals surface area contributed by atoms with Crippen molar-refractivity contribution in [2.45, 2.75) is 26.2 Å². The van der Waals surface area contributed by atoms with Gasteiger partial charge in [-0.15, -0.1) is 0 Å². The molecule has 0 atom stereocenters. The van der Waals surface area contributed by atoms with E-state index >= 15 is 0 Å². The molecule has 0 unspecified atom stereocenters. The number of nitrogens with zero attached hydrogens (tertiary/aromatic N) is 1. The second kappa shape index (κ2) is 4.12. The fraction of sp³-hybridized carbons (Fsp3) is 0.500. The lowest BCUT2D eigenvalue weighted by Gasteiger charge is -2.23. The average molecular weight is 218 g/mol. The van der Waals surface area contributed by atoms with Crippen molar-refractivity contribution < 1.29 is 0 Å². The van der Waals surface area contributed by atoms with Crippen molar-refractivity contribution in [3.63, 3.8) is 0 Å². The normalized spacial score (nSPS) is 20.4. The third-order valence-corrected chi connectivity index (χ3v) is 3.01. The van der Waals surface area contributed by atoms with E-state index in [1.165, 1.54) is 0 Å². The summed E-state index contributed by atoms with van der Waals surface area (Å²) in [5.74, 6) is 0.424. The molecule has 1 saturated carbocycles. The van der Waals surface area contributed by atoms with E-state index in [0.717, 1.165) is 41.9 Å². The minimum Gasteiger partial charge on any atom is -0.386 e. The Balaban J connectivity index is 2.40. The summed E-state index contributed by atoms with van der Waals surface area (Å²) in [4.78, 5) is 0. The van der Waals surface area contributed by atoms with E-state index in [1.54, 1.807) is 0 Å². The van der Waals surface area contributed by atoms with Crippen molar-refractivity contribution in [2.75, 3.05) is 7.05 Å². The predicted octanol–water partition coefficient (Wildman–Crippen LogP) is 1.77. The fourth-order valence-corrected chi connectivity index (χ4v) is 1.94. The molecule has 1 aliphatic carbocycles. The summed E-state index contributed by atoms with van der Waals surface area (Å²) >= 11 is 0. The maximum absolute atomic E-state index is 8.18. The van der Waals surface area contributed by atoms with Crippen LogP contribution in [0.25, 0.3) is 0 Å². The molecule has 0 bridgehead atoms. The van der Waals surface area contributed by atoms with Gasteiger partial charge in [-0.3, -0.25) is 5.43 Å². The summed E-state index contributed by atoms with van der Waals surface area (Å²) in [5, 5.41) is 15.6. The molecule has 0 saturated heterocycles. The van der Waals surface area contributed by atoms with Crippen molar-refractivity contribution >= 4 is 11.4 Å². The van der Waals surface area contributed by atoms with Gasteiger partial charge in [-0.1, -0.05) is 13.5 Å². The van der Waals surface area contributed by atoms with Crippen molar-refractivity contribution in [3.05, 3.63) is 23.5 Å². The topological polar surface area (TPSA) is 60.3 Å². The third kappa shape index (κ3) is 1.75. The molecular formula is C12H18N4. The van der Waals surface area contributed by atoms with Gasteiger partial charge >= 0.3 is 0 Å². The predicted molar refractivity (Wildman–Crippen MR) is 66.5 cm³/mol.